The van der Waals surface area contributed by atoms with Crippen LogP contribution in [0, 0.1) is 0 Å². The Morgan fingerprint density at radius 3 is 2.68 bits per heavy atom. The van der Waals surface area contributed by atoms with Gasteiger partial charge in [-0.15, -0.1) is 0 Å². The van der Waals surface area contributed by atoms with Gasteiger partial charge in [-0.1, -0.05) is 60.7 Å². The molecule has 2 N–H and O–H groups in total. The van der Waals surface area contributed by atoms with Gasteiger partial charge >= 0.3 is 6.03 Å². The quantitative estimate of drug-likeness (QED) is 0.746. The Kier molecular flexibility index (Phi) is 4.12. The van der Waals surface area contributed by atoms with Crippen LogP contribution in [0.2, 0.25) is 0 Å². The second-order valence-electron chi connectivity index (χ2n) is 6.30. The van der Waals surface area contributed by atoms with Gasteiger partial charge in [-0.2, -0.15) is 0 Å². The molecule has 0 aromatic heterocycles. The fourth-order valence-electron chi connectivity index (χ4n) is 3.61. The minimum atomic E-state index is -0.306. The van der Waals surface area contributed by atoms with E-state index in [4.69, 9.17) is 0 Å². The van der Waals surface area contributed by atoms with Crippen LogP contribution in [0.4, 0.5) is 10.5 Å². The molecule has 4 heteroatoms. The van der Waals surface area contributed by atoms with Crippen molar-refractivity contribution in [1.29, 1.82) is 0 Å². The summed E-state index contributed by atoms with van der Waals surface area (Å²) in [5.41, 5.74) is 3.03. The SMILES string of the molecule is O=C(Nc1cccc2ccccc12)N1CCc2ccccc2C1CO. The third kappa shape index (κ3) is 2.85. The molecule has 1 atom stereocenters. The van der Waals surface area contributed by atoms with Crippen molar-refractivity contribution in [1.82, 2.24) is 4.90 Å². The summed E-state index contributed by atoms with van der Waals surface area (Å²) < 4.78 is 0. The molecule has 1 aliphatic rings. The number of rotatable bonds is 2. The first kappa shape index (κ1) is 15.7. The molecule has 1 heterocycles. The van der Waals surface area contributed by atoms with E-state index in [0.717, 1.165) is 28.4 Å². The molecule has 1 unspecified atom stereocenters. The maximum atomic E-state index is 12.9. The highest BCUT2D eigenvalue weighted by molar-refractivity contribution is 6.01. The van der Waals surface area contributed by atoms with Crippen molar-refractivity contribution in [2.75, 3.05) is 18.5 Å². The predicted molar refractivity (Wildman–Crippen MR) is 99.6 cm³/mol. The number of benzene rings is 3. The van der Waals surface area contributed by atoms with Crippen LogP contribution in [-0.2, 0) is 6.42 Å². The molecule has 4 nitrogen and oxygen atoms in total. The van der Waals surface area contributed by atoms with Gasteiger partial charge in [0.25, 0.3) is 0 Å². The molecule has 0 saturated heterocycles. The Hall–Kier alpha value is -2.85. The zero-order chi connectivity index (χ0) is 17.2. The molecule has 0 aliphatic carbocycles. The number of nitrogens with zero attached hydrogens (tertiary/aromatic N) is 1. The molecule has 126 valence electrons. The Morgan fingerprint density at radius 2 is 1.80 bits per heavy atom. The first-order valence-corrected chi connectivity index (χ1v) is 8.52. The zero-order valence-corrected chi connectivity index (χ0v) is 13.9. The van der Waals surface area contributed by atoms with Crippen LogP contribution >= 0.6 is 0 Å². The summed E-state index contributed by atoms with van der Waals surface area (Å²) >= 11 is 0. The van der Waals surface area contributed by atoms with E-state index in [2.05, 4.69) is 11.4 Å². The van der Waals surface area contributed by atoms with E-state index < -0.39 is 0 Å². The summed E-state index contributed by atoms with van der Waals surface area (Å²) in [5.74, 6) is 0. The normalized spacial score (nSPS) is 16.5. The molecule has 3 aromatic rings. The maximum absolute atomic E-state index is 12.9. The predicted octanol–water partition coefficient (Wildman–Crippen LogP) is 3.96. The van der Waals surface area contributed by atoms with Gasteiger partial charge in [-0.05, 0) is 29.0 Å². The van der Waals surface area contributed by atoms with E-state index in [1.165, 1.54) is 5.56 Å². The lowest BCUT2D eigenvalue weighted by molar-refractivity contribution is 0.135. The van der Waals surface area contributed by atoms with Crippen molar-refractivity contribution in [3.05, 3.63) is 77.9 Å². The first-order valence-electron chi connectivity index (χ1n) is 8.52. The second kappa shape index (κ2) is 6.57. The monoisotopic (exact) mass is 332 g/mol. The van der Waals surface area contributed by atoms with E-state index in [0.29, 0.717) is 6.54 Å². The zero-order valence-electron chi connectivity index (χ0n) is 13.9. The number of fused-ring (bicyclic) bond motifs is 2. The lowest BCUT2D eigenvalue weighted by Crippen LogP contribution is -2.43. The minimum Gasteiger partial charge on any atom is -0.394 e. The molecular formula is C21H20N2O2. The number of amides is 2. The molecule has 0 fully saturated rings. The Bertz CT molecular complexity index is 917. The van der Waals surface area contributed by atoms with E-state index in [9.17, 15) is 9.90 Å². The number of nitrogens with one attached hydrogen (secondary N) is 1. The number of hydrogen-bond donors (Lipinski definition) is 2. The largest absolute Gasteiger partial charge is 0.394 e. The van der Waals surface area contributed by atoms with E-state index in [1.54, 1.807) is 4.90 Å². The van der Waals surface area contributed by atoms with Gasteiger partial charge in [-0.3, -0.25) is 0 Å². The summed E-state index contributed by atoms with van der Waals surface area (Å²) in [5, 5.41) is 15.0. The van der Waals surface area contributed by atoms with Crippen molar-refractivity contribution in [3.63, 3.8) is 0 Å². The smallest absolute Gasteiger partial charge is 0.322 e. The van der Waals surface area contributed by atoms with Gasteiger partial charge < -0.3 is 15.3 Å². The van der Waals surface area contributed by atoms with Crippen LogP contribution in [0.15, 0.2) is 66.7 Å². The first-order chi connectivity index (χ1) is 12.3. The second-order valence-corrected chi connectivity index (χ2v) is 6.30. The van der Waals surface area contributed by atoms with Crippen LogP contribution in [-0.4, -0.2) is 29.2 Å². The summed E-state index contributed by atoms with van der Waals surface area (Å²) in [7, 11) is 0. The maximum Gasteiger partial charge on any atom is 0.322 e. The average molecular weight is 332 g/mol. The van der Waals surface area contributed by atoms with Crippen molar-refractivity contribution >= 4 is 22.5 Å². The van der Waals surface area contributed by atoms with Gasteiger partial charge in [0, 0.05) is 11.9 Å². The van der Waals surface area contributed by atoms with Crippen molar-refractivity contribution in [3.8, 4) is 0 Å². The number of anilines is 1. The van der Waals surface area contributed by atoms with Gasteiger partial charge in [0.05, 0.1) is 18.3 Å². The third-order valence-electron chi connectivity index (χ3n) is 4.88. The molecule has 0 saturated carbocycles. The molecule has 2 amide bonds. The highest BCUT2D eigenvalue weighted by Gasteiger charge is 2.30. The number of carbonyl (C=O) groups excluding carboxylic acids is 1. The highest BCUT2D eigenvalue weighted by Crippen LogP contribution is 2.30. The Balaban J connectivity index is 1.63. The van der Waals surface area contributed by atoms with Crippen molar-refractivity contribution in [2.24, 2.45) is 0 Å². The van der Waals surface area contributed by atoms with Gasteiger partial charge in [0.15, 0.2) is 0 Å². The standard InChI is InChI=1S/C21H20N2O2/c24-14-20-18-10-4-2-7-16(18)12-13-23(20)21(25)22-19-11-5-8-15-6-1-3-9-17(15)19/h1-11,20,24H,12-14H2,(H,22,25). The van der Waals surface area contributed by atoms with E-state index >= 15 is 0 Å². The summed E-state index contributed by atoms with van der Waals surface area (Å²) in [4.78, 5) is 14.6. The molecule has 3 aromatic carbocycles. The van der Waals surface area contributed by atoms with Gasteiger partial charge in [0.1, 0.15) is 0 Å². The lowest BCUT2D eigenvalue weighted by atomic mass is 9.93. The molecule has 4 rings (SSSR count). The fraction of sp³-hybridized carbons (Fsp3) is 0.190. The summed E-state index contributed by atoms with van der Waals surface area (Å²) in [6, 6.07) is 21.4. The summed E-state index contributed by atoms with van der Waals surface area (Å²) in [6.07, 6.45) is 0.801. The lowest BCUT2D eigenvalue weighted by Gasteiger charge is -2.36. The molecular weight excluding hydrogens is 312 g/mol. The molecule has 0 radical (unpaired) electrons. The molecule has 25 heavy (non-hydrogen) atoms. The van der Waals surface area contributed by atoms with Crippen molar-refractivity contribution < 1.29 is 9.90 Å². The van der Waals surface area contributed by atoms with Crippen LogP contribution in [0.1, 0.15) is 17.2 Å². The van der Waals surface area contributed by atoms with Crippen LogP contribution in [0.3, 0.4) is 0 Å². The average Bonchev–Trinajstić information content (AvgIpc) is 2.67. The molecule has 0 bridgehead atoms. The number of carbonyl (C=O) groups is 1. The Labute approximate surface area is 146 Å². The van der Waals surface area contributed by atoms with Crippen LogP contribution < -0.4 is 5.32 Å². The highest BCUT2D eigenvalue weighted by atomic mass is 16.3. The van der Waals surface area contributed by atoms with E-state index in [-0.39, 0.29) is 18.7 Å². The van der Waals surface area contributed by atoms with Crippen molar-refractivity contribution in [2.45, 2.75) is 12.5 Å². The summed E-state index contributed by atoms with van der Waals surface area (Å²) in [6.45, 7) is 0.513. The number of aliphatic hydroxyl groups is 1. The minimum absolute atomic E-state index is 0.0834. The van der Waals surface area contributed by atoms with Crippen LogP contribution in [0.25, 0.3) is 10.8 Å². The molecule has 1 aliphatic heterocycles. The Morgan fingerprint density at radius 1 is 1.04 bits per heavy atom. The van der Waals surface area contributed by atoms with Gasteiger partial charge in [-0.25, -0.2) is 4.79 Å². The van der Waals surface area contributed by atoms with E-state index in [1.807, 2.05) is 60.7 Å². The van der Waals surface area contributed by atoms with Crippen LogP contribution in [0.5, 0.6) is 0 Å². The number of aliphatic hydroxyl groups excluding tert-OH is 1. The number of hydrogen-bond acceptors (Lipinski definition) is 2. The number of urea groups is 1. The fourth-order valence-corrected chi connectivity index (χ4v) is 3.61. The van der Waals surface area contributed by atoms with Gasteiger partial charge in [0.2, 0.25) is 0 Å². The third-order valence-corrected chi connectivity index (χ3v) is 4.88. The topological polar surface area (TPSA) is 52.6 Å². The molecule has 0 spiro atoms.